The number of aryl methyl sites for hydroxylation is 2. The maximum atomic E-state index is 14.2. The number of anilines is 5. The van der Waals surface area contributed by atoms with E-state index in [2.05, 4.69) is 42.5 Å². The summed E-state index contributed by atoms with van der Waals surface area (Å²) >= 11 is 5.85. The first-order valence-corrected chi connectivity index (χ1v) is 13.6. The van der Waals surface area contributed by atoms with E-state index in [4.69, 9.17) is 22.6 Å². The fourth-order valence-electron chi connectivity index (χ4n) is 4.73. The first kappa shape index (κ1) is 33.1. The van der Waals surface area contributed by atoms with Crippen molar-refractivity contribution in [3.63, 3.8) is 0 Å². The highest BCUT2D eigenvalue weighted by Crippen LogP contribution is 2.30. The number of aromatic nitrogens is 6. The Labute approximate surface area is 265 Å². The van der Waals surface area contributed by atoms with Gasteiger partial charge in [0.05, 0.1) is 10.9 Å². The number of fused-ring (bicyclic) bond motifs is 3. The molecule has 7 rings (SSSR count). The highest BCUT2D eigenvalue weighted by Gasteiger charge is 2.14. The zero-order valence-electron chi connectivity index (χ0n) is 24.5. The molecule has 0 atom stereocenters. The van der Waals surface area contributed by atoms with Crippen LogP contribution in [0.3, 0.4) is 0 Å². The molecule has 13 nitrogen and oxygen atoms in total. The number of H-pyrrole nitrogens is 1. The molecule has 0 spiro atoms. The first-order valence-electron chi connectivity index (χ1n) is 13.2. The molecule has 11 N–H and O–H groups in total. The van der Waals surface area contributed by atoms with Crippen LogP contribution in [0.2, 0.25) is 5.15 Å². The van der Waals surface area contributed by atoms with E-state index < -0.39 is 11.6 Å². The SMILES string of the molecule is Cn1ccc2c(Nc3nc(Cl)c(C#N)cc3F)cccc21.Cn1ccc2c(Nc3nc4n[nH]c(N)c4cc3F)cccc21.NN.O. The second kappa shape index (κ2) is 13.9. The minimum absolute atomic E-state index is 0. The fourth-order valence-corrected chi connectivity index (χ4v) is 4.92. The van der Waals surface area contributed by atoms with Crippen LogP contribution < -0.4 is 28.1 Å². The first-order chi connectivity index (χ1) is 21.7. The topological polar surface area (TPSA) is 222 Å². The Morgan fingerprint density at radius 2 is 1.35 bits per heavy atom. The average molecular weight is 647 g/mol. The molecule has 5 aromatic heterocycles. The lowest BCUT2D eigenvalue weighted by Gasteiger charge is -2.09. The van der Waals surface area contributed by atoms with Gasteiger partial charge in [-0.3, -0.25) is 16.8 Å². The standard InChI is InChI=1S/C15H10ClFN4.C15H13FN6.H4N2.H2O/c1-21-6-5-10-12(3-2-4-13(10)21)19-15-11(17)7-9(8-18)14(16)20-15;1-22-6-5-8-11(3-2-4-12(8)22)18-15-10(16)7-9-13(17)20-21-14(9)19-15;1-2;/h2-7H,1H3,(H,19,20);2-7H,1H3,(H4,17,18,19,20,21);1-2H2;1H2. The number of nitrogens with two attached hydrogens (primary N) is 3. The summed E-state index contributed by atoms with van der Waals surface area (Å²) in [7, 11) is 3.90. The smallest absolute Gasteiger partial charge is 0.185 e. The Morgan fingerprint density at radius 1 is 0.826 bits per heavy atom. The quantitative estimate of drug-likeness (QED) is 0.0868. The van der Waals surface area contributed by atoms with Gasteiger partial charge in [-0.05, 0) is 48.5 Å². The van der Waals surface area contributed by atoms with Crippen molar-refractivity contribution in [3.8, 4) is 6.07 Å². The normalized spacial score (nSPS) is 10.4. The number of nitriles is 1. The van der Waals surface area contributed by atoms with Crippen molar-refractivity contribution in [1.29, 1.82) is 5.26 Å². The van der Waals surface area contributed by atoms with E-state index in [1.165, 1.54) is 6.07 Å². The van der Waals surface area contributed by atoms with Crippen LogP contribution in [-0.4, -0.2) is 34.8 Å². The summed E-state index contributed by atoms with van der Waals surface area (Å²) in [6.45, 7) is 0. The third-order valence-electron chi connectivity index (χ3n) is 6.94. The molecule has 0 aliphatic carbocycles. The third-order valence-corrected chi connectivity index (χ3v) is 7.23. The largest absolute Gasteiger partial charge is 0.412 e. The number of hydrogen-bond donors (Lipinski definition) is 6. The lowest BCUT2D eigenvalue weighted by Crippen LogP contribution is -2.02. The van der Waals surface area contributed by atoms with Crippen LogP contribution in [0.1, 0.15) is 5.56 Å². The van der Waals surface area contributed by atoms with E-state index in [1.54, 1.807) is 6.07 Å². The maximum absolute atomic E-state index is 14.2. The van der Waals surface area contributed by atoms with Gasteiger partial charge in [0.25, 0.3) is 0 Å². The molecule has 46 heavy (non-hydrogen) atoms. The number of nitrogens with zero attached hydrogens (tertiary/aromatic N) is 6. The molecule has 0 amide bonds. The van der Waals surface area contributed by atoms with Crippen molar-refractivity contribution >= 4 is 73.3 Å². The van der Waals surface area contributed by atoms with Crippen molar-refractivity contribution in [1.82, 2.24) is 29.3 Å². The minimum atomic E-state index is -0.621. The number of benzene rings is 2. The number of aromatic amines is 1. The molecule has 0 bridgehead atoms. The molecule has 16 heteroatoms. The van der Waals surface area contributed by atoms with Crippen LogP contribution in [0.25, 0.3) is 32.8 Å². The minimum Gasteiger partial charge on any atom is -0.412 e. The summed E-state index contributed by atoms with van der Waals surface area (Å²) in [5.74, 6) is 7.32. The molecular formula is C30H29ClF2N12O. The summed E-state index contributed by atoms with van der Waals surface area (Å²) in [5, 5.41) is 23.7. The van der Waals surface area contributed by atoms with Crippen molar-refractivity contribution in [2.24, 2.45) is 25.8 Å². The third kappa shape index (κ3) is 6.36. The molecule has 0 radical (unpaired) electrons. The molecule has 0 aliphatic heterocycles. The predicted molar refractivity (Wildman–Crippen MR) is 177 cm³/mol. The van der Waals surface area contributed by atoms with Gasteiger partial charge in [-0.25, -0.2) is 18.7 Å². The van der Waals surface area contributed by atoms with Crippen LogP contribution in [-0.2, 0) is 14.1 Å². The Morgan fingerprint density at radius 3 is 1.89 bits per heavy atom. The molecule has 0 aliphatic rings. The van der Waals surface area contributed by atoms with Gasteiger partial charge in [0, 0.05) is 59.7 Å². The zero-order chi connectivity index (χ0) is 32.2. The van der Waals surface area contributed by atoms with Gasteiger partial charge in [0.2, 0.25) is 0 Å². The van der Waals surface area contributed by atoms with E-state index in [1.807, 2.05) is 84.2 Å². The Kier molecular flexibility index (Phi) is 9.99. The molecule has 7 aromatic rings. The highest BCUT2D eigenvalue weighted by molar-refractivity contribution is 6.30. The number of nitrogens with one attached hydrogen (secondary N) is 3. The van der Waals surface area contributed by atoms with Crippen LogP contribution in [0, 0.1) is 23.0 Å². The van der Waals surface area contributed by atoms with Crippen molar-refractivity contribution in [2.45, 2.75) is 0 Å². The number of hydrogen-bond acceptors (Lipinski definition) is 9. The van der Waals surface area contributed by atoms with E-state index >= 15 is 0 Å². The molecule has 0 saturated heterocycles. The summed E-state index contributed by atoms with van der Waals surface area (Å²) in [5.41, 5.74) is 9.64. The van der Waals surface area contributed by atoms with Gasteiger partial charge in [-0.1, -0.05) is 23.7 Å². The van der Waals surface area contributed by atoms with Gasteiger partial charge in [-0.2, -0.15) is 10.4 Å². The predicted octanol–water partition coefficient (Wildman–Crippen LogP) is 4.89. The number of halogens is 3. The van der Waals surface area contributed by atoms with E-state index in [0.717, 1.165) is 39.2 Å². The molecule has 0 fully saturated rings. The Balaban J connectivity index is 0.000000194. The fraction of sp³-hybridized carbons (Fsp3) is 0.0667. The lowest BCUT2D eigenvalue weighted by molar-refractivity contribution is 0.626. The van der Waals surface area contributed by atoms with Crippen molar-refractivity contribution in [3.05, 3.63) is 95.4 Å². The van der Waals surface area contributed by atoms with E-state index in [0.29, 0.717) is 16.9 Å². The Hall–Kier alpha value is -5.79. The van der Waals surface area contributed by atoms with Gasteiger partial charge in [0.1, 0.15) is 17.0 Å². The molecular weight excluding hydrogens is 618 g/mol. The Bertz CT molecular complexity index is 2200. The van der Waals surface area contributed by atoms with Crippen LogP contribution in [0.5, 0.6) is 0 Å². The van der Waals surface area contributed by atoms with Crippen LogP contribution in [0.4, 0.5) is 37.6 Å². The number of nitrogen functional groups attached to an aromatic ring is 1. The maximum Gasteiger partial charge on any atom is 0.185 e. The molecule has 0 saturated carbocycles. The van der Waals surface area contributed by atoms with Crippen LogP contribution in [0.15, 0.2) is 73.1 Å². The number of hydrazine groups is 1. The molecule has 236 valence electrons. The van der Waals surface area contributed by atoms with E-state index in [9.17, 15) is 8.78 Å². The summed E-state index contributed by atoms with van der Waals surface area (Å²) in [6, 6.07) is 19.6. The molecule has 2 aromatic carbocycles. The summed E-state index contributed by atoms with van der Waals surface area (Å²) in [4.78, 5) is 8.09. The molecule has 5 heterocycles. The van der Waals surface area contributed by atoms with E-state index in [-0.39, 0.29) is 27.8 Å². The monoisotopic (exact) mass is 646 g/mol. The highest BCUT2D eigenvalue weighted by atomic mass is 35.5. The lowest BCUT2D eigenvalue weighted by atomic mass is 10.2. The average Bonchev–Trinajstić information content (AvgIpc) is 3.74. The van der Waals surface area contributed by atoms with Crippen LogP contribution >= 0.6 is 11.6 Å². The number of pyridine rings is 2. The summed E-state index contributed by atoms with van der Waals surface area (Å²) < 4.78 is 32.2. The zero-order valence-corrected chi connectivity index (χ0v) is 25.2. The summed E-state index contributed by atoms with van der Waals surface area (Å²) in [6.07, 6.45) is 3.88. The molecule has 0 unspecified atom stereocenters. The van der Waals surface area contributed by atoms with Gasteiger partial charge in [0.15, 0.2) is 28.9 Å². The number of rotatable bonds is 4. The van der Waals surface area contributed by atoms with Gasteiger partial charge >= 0.3 is 0 Å². The van der Waals surface area contributed by atoms with Crippen molar-refractivity contribution < 1.29 is 14.3 Å². The second-order valence-corrected chi connectivity index (χ2v) is 10.0. The van der Waals surface area contributed by atoms with Gasteiger partial charge in [-0.15, -0.1) is 0 Å². The second-order valence-electron chi connectivity index (χ2n) is 9.68. The van der Waals surface area contributed by atoms with Crippen molar-refractivity contribution in [2.75, 3.05) is 16.4 Å². The van der Waals surface area contributed by atoms with Gasteiger partial charge < -0.3 is 31.0 Å².